The first-order valence-corrected chi connectivity index (χ1v) is 102. The summed E-state index contributed by atoms with van der Waals surface area (Å²) in [5, 5.41) is 9.88. The number of ketones is 2. The number of aromatic nitrogens is 6. The zero-order valence-corrected chi connectivity index (χ0v) is 111. The number of carbonyl (C=O) groups excluding carboxylic acids is 2. The fraction of sp³-hybridized carbons (Fsp3) is 0.0789. The number of pyridine rings is 4. The number of carbonyl (C=O) groups is 2. The predicted octanol–water partition coefficient (Wildman–Crippen LogP) is 27.1. The van der Waals surface area contributed by atoms with Crippen LogP contribution in [0.15, 0.2) is 260 Å². The van der Waals surface area contributed by atoms with E-state index in [-0.39, 0.29) is 64.7 Å². The number of benzene rings is 8. The lowest BCUT2D eigenvalue weighted by Crippen LogP contribution is -2.41. The van der Waals surface area contributed by atoms with E-state index in [4.69, 9.17) is 54.1 Å². The largest absolute Gasteiger partial charge is 0.495 e. The normalized spacial score (nSPS) is 12.6. The average Bonchev–Trinajstić information content (AvgIpc) is 1.57. The summed E-state index contributed by atoms with van der Waals surface area (Å²) in [6.07, 6.45) is 6.52. The van der Waals surface area contributed by atoms with Crippen molar-refractivity contribution in [1.82, 2.24) is 29.1 Å². The maximum absolute atomic E-state index is 13.2. The highest BCUT2D eigenvalue weighted by atomic mass is 79.9. The highest BCUT2D eigenvalue weighted by Crippen LogP contribution is 3.22. The summed E-state index contributed by atoms with van der Waals surface area (Å²) < 4.78 is 23.6. The topological polar surface area (TPSA) is 114 Å². The van der Waals surface area contributed by atoms with Crippen LogP contribution in [-0.4, -0.2) is 59.0 Å². The third kappa shape index (κ3) is 32.1. The maximum atomic E-state index is 13.2. The van der Waals surface area contributed by atoms with Crippen molar-refractivity contribution in [3.8, 4) is 22.5 Å². The monoisotopic (exact) mass is 2680 g/mol. The van der Waals surface area contributed by atoms with E-state index < -0.39 is 7.12 Å². The van der Waals surface area contributed by atoms with Crippen LogP contribution in [0.1, 0.15) is 60.1 Å². The Morgan fingerprint density at radius 2 is 0.701 bits per heavy atom. The summed E-state index contributed by atoms with van der Waals surface area (Å²) in [4.78, 5) is 41.7. The molecule has 16 aromatic rings. The van der Waals surface area contributed by atoms with Gasteiger partial charge in [0.2, 0.25) is 11.6 Å². The number of halogens is 1. The molecule has 11 unspecified atom stereocenters. The van der Waals surface area contributed by atoms with Crippen molar-refractivity contribution >= 4 is 535 Å². The molecule has 700 valence electrons. The summed E-state index contributed by atoms with van der Waals surface area (Å²) in [6, 6.07) is 78.6. The van der Waals surface area contributed by atoms with Crippen LogP contribution in [0.4, 0.5) is 0 Å². The highest BCUT2D eigenvalue weighted by molar-refractivity contribution is 9.28. The molecule has 0 spiro atoms. The molecular weight excluding hydrogens is 2610 g/mol. The van der Waals surface area contributed by atoms with Gasteiger partial charge in [-0.25, -0.2) is 0 Å². The molecule has 1 saturated heterocycles. The lowest BCUT2D eigenvalue weighted by Gasteiger charge is -2.38. The van der Waals surface area contributed by atoms with E-state index in [1.54, 1.807) is 265 Å². The Hall–Kier alpha value is 3.03. The van der Waals surface area contributed by atoms with Crippen LogP contribution < -0.4 is 5.46 Å². The fourth-order valence-electron chi connectivity index (χ4n) is 13.3. The van der Waals surface area contributed by atoms with Crippen molar-refractivity contribution in [1.29, 1.82) is 0 Å². The minimum atomic E-state index is -0.410. The van der Waals surface area contributed by atoms with Crippen LogP contribution in [0.2, 0.25) is 0 Å². The second-order valence-electron chi connectivity index (χ2n) is 27.0. The molecule has 8 aromatic heterocycles. The van der Waals surface area contributed by atoms with E-state index in [0.29, 0.717) is 22.8 Å². The van der Waals surface area contributed by atoms with Crippen LogP contribution in [-0.2, 0) is 276 Å². The quantitative estimate of drug-likeness (QED) is 0.0587. The van der Waals surface area contributed by atoms with E-state index in [1.165, 1.54) is 125 Å². The fourth-order valence-corrected chi connectivity index (χ4v) is 230. The molecule has 0 radical (unpaired) electrons. The smallest absolute Gasteiger partial charge is 0.399 e. The van der Waals surface area contributed by atoms with Gasteiger partial charge in [0.1, 0.15) is 22.8 Å². The summed E-state index contributed by atoms with van der Waals surface area (Å²) in [6.45, 7) is 9.34. The molecule has 8 aromatic carbocycles. The summed E-state index contributed by atoms with van der Waals surface area (Å²) in [7, 11) is 66.8. The number of fused-ring (bicyclic) bond motifs is 12. The van der Waals surface area contributed by atoms with Crippen LogP contribution in [0.25, 0.3) is 106 Å². The molecule has 0 bridgehead atoms. The van der Waals surface area contributed by atoms with E-state index in [9.17, 15) is 9.59 Å². The summed E-state index contributed by atoms with van der Waals surface area (Å²) >= 11 is 25.8. The molecule has 1 aliphatic heterocycles. The van der Waals surface area contributed by atoms with Gasteiger partial charge in [-0.15, -0.1) is 94.1 Å². The Morgan fingerprint density at radius 3 is 1.07 bits per heavy atom. The minimum absolute atomic E-state index is 0.0884. The SMILES string of the molecule is CC1(C)OB(c2cccc3sc4cccc(-n5c6ccccc6c6ccccc65)c4c23)OC1(C)C.O=C(c1ccccn1)c1cc(-c2cccc3sc4cccc(-n5c6ccccc6c6ccccc65)c4c23)ccn1.O=C(c1ccccn1)c1cc(Br)ccn1.PPP(P)P(P(P)P)P(P(P)P)P(P)P.S=S=S=S=S=S=S=S=S=S=S=S=S=S.S=S=S=S=S=S=S=S=S=S=S=S=S=S=S. The zero-order valence-electron chi connectivity index (χ0n) is 69.0. The van der Waals surface area contributed by atoms with Crippen LogP contribution in [0.3, 0.4) is 0 Å². The molecule has 134 heavy (non-hydrogen) atoms. The molecule has 9 heterocycles. The van der Waals surface area contributed by atoms with Crippen molar-refractivity contribution in [2.24, 2.45) is 0 Å². The Morgan fingerprint density at radius 1 is 0.373 bits per heavy atom. The summed E-state index contributed by atoms with van der Waals surface area (Å²) in [5.41, 5.74) is 11.1. The number of rotatable bonds is 14. The number of para-hydroxylation sites is 4. The van der Waals surface area contributed by atoms with Gasteiger partial charge < -0.3 is 18.4 Å². The number of thiophene rings is 2. The molecule has 58 heteroatoms. The van der Waals surface area contributed by atoms with Gasteiger partial charge >= 0.3 is 7.12 Å². The van der Waals surface area contributed by atoms with E-state index in [0.717, 1.165) is 34.7 Å². The molecule has 10 nitrogen and oxygen atoms in total. The average molecular weight is 2680 g/mol. The highest BCUT2D eigenvalue weighted by Gasteiger charge is 2.52. The Labute approximate surface area is 912 Å². The Bertz CT molecular complexity index is 8140. The van der Waals surface area contributed by atoms with Crippen molar-refractivity contribution in [2.45, 2.75) is 38.9 Å². The molecule has 1 aliphatic rings. The number of nitrogens with zero attached hydrogens (tertiary/aromatic N) is 6. The van der Waals surface area contributed by atoms with Gasteiger partial charge in [0, 0.05) is 358 Å². The maximum Gasteiger partial charge on any atom is 0.495 e. The molecule has 1 fully saturated rings. The van der Waals surface area contributed by atoms with E-state index >= 15 is 0 Å². The second-order valence-corrected chi connectivity index (χ2v) is 130. The van der Waals surface area contributed by atoms with Crippen LogP contribution in [0.5, 0.6) is 0 Å². The van der Waals surface area contributed by atoms with Crippen LogP contribution >= 0.6 is 160 Å². The number of hydrogen-bond acceptors (Lipinski definition) is 14. The first-order chi connectivity index (χ1) is 65.1. The van der Waals surface area contributed by atoms with Crippen molar-refractivity contribution < 1.29 is 18.9 Å². The lowest BCUT2D eigenvalue weighted by atomic mass is 9.76. The Balaban J connectivity index is 0.000000155. The minimum Gasteiger partial charge on any atom is -0.399 e. The summed E-state index contributed by atoms with van der Waals surface area (Å²) in [5.74, 6) is -0.354. The molecule has 0 aliphatic carbocycles. The van der Waals surface area contributed by atoms with E-state index in [2.05, 4.69) is 314 Å². The van der Waals surface area contributed by atoms with Gasteiger partial charge in [-0.2, -0.15) is 0 Å². The lowest BCUT2D eigenvalue weighted by molar-refractivity contribution is 0.00578. The second kappa shape index (κ2) is 60.8. The van der Waals surface area contributed by atoms with Gasteiger partial charge in [-0.3, -0.25) is 29.5 Å². The first-order valence-electron chi connectivity index (χ1n) is 37.4. The van der Waals surface area contributed by atoms with Gasteiger partial charge in [0.25, 0.3) is 0 Å². The molecule has 0 N–H and O–H groups in total. The number of hydrogen-bond donors (Lipinski definition) is 0. The first kappa shape index (κ1) is 116. The predicted molar refractivity (Wildman–Crippen MR) is 715 cm³/mol. The van der Waals surface area contributed by atoms with Crippen molar-refractivity contribution in [3.63, 3.8) is 0 Å². The molecule has 17 rings (SSSR count). The molecule has 0 saturated carbocycles. The van der Waals surface area contributed by atoms with Gasteiger partial charge in [0.05, 0.1) is 44.6 Å². The molecule has 11 atom stereocenters. The standard InChI is InChI=1S/C35H21N3OS.C30H26BNO2S.C11H7BrN2O.H17P15.S15.S14/c39-35(26-12-5-6-19-36-26)27-21-22(18-20-37-27)23-11-7-16-31-33(23)34-30(15-8-17-32(34)40-31)38-28-13-3-1-9-24(28)25-10-2-4-14-29(25)38;1-29(2)30(3,4)34-31(33-29)21-13-9-17-25-27(21)28-24(16-10-18-26(28)35-25)32-22-14-7-5-11-19(22)20-12-6-8-15-23(20)32;12-8-4-6-14-10(7-8)11(15)9-3-1-2-5-13-9;1-9-13(8)15(12(6)7)14(10(2)3)11(4)5;1-3-5-7-9-11-13-15-14-12-10-8-6-4-2;1-3-5-7-9-11-13-14-12-10-8-6-4-2/h1-21H;5-18H,1-4H3;1-7H;9H,1-8H2;;. The van der Waals surface area contributed by atoms with Crippen molar-refractivity contribution in [2.75, 3.05) is 0 Å². The van der Waals surface area contributed by atoms with Gasteiger partial charge in [-0.1, -0.05) is 145 Å². The van der Waals surface area contributed by atoms with Gasteiger partial charge in [0.15, 0.2) is 0 Å². The third-order valence-electron chi connectivity index (χ3n) is 19.0. The van der Waals surface area contributed by atoms with E-state index in [1.807, 2.05) is 29.5 Å². The molecule has 0 amide bonds. The molecular formula is C76H71BBrN6O4P15S31. The third-order valence-corrected chi connectivity index (χ3v) is 161. The Kier molecular flexibility index (Phi) is 52.5. The van der Waals surface area contributed by atoms with Crippen LogP contribution in [0, 0.1) is 0 Å². The van der Waals surface area contributed by atoms with Gasteiger partial charge in [-0.05, 0) is 195 Å². The van der Waals surface area contributed by atoms with Crippen molar-refractivity contribution in [3.05, 3.63) is 283 Å². The zero-order chi connectivity index (χ0) is 95.1.